The zero-order chi connectivity index (χ0) is 19.4. The molecule has 0 saturated carbocycles. The van der Waals surface area contributed by atoms with Crippen LogP contribution in [0, 0.1) is 13.8 Å². The molecule has 1 N–H and O–H groups in total. The largest absolute Gasteiger partial charge is 0.495 e. The molecule has 0 aliphatic heterocycles. The highest BCUT2D eigenvalue weighted by Crippen LogP contribution is 2.35. The van der Waals surface area contributed by atoms with Gasteiger partial charge in [-0.25, -0.2) is 0 Å². The summed E-state index contributed by atoms with van der Waals surface area (Å²) >= 11 is 6.09. The third-order valence-corrected chi connectivity index (χ3v) is 4.54. The number of hydrogen-bond acceptors (Lipinski definition) is 5. The fraction of sp³-hybridized carbons (Fsp3) is 0.444. The number of likely N-dealkylation sites (N-methyl/N-ethyl adjacent to an activating group) is 1. The van der Waals surface area contributed by atoms with E-state index < -0.39 is 0 Å². The average molecular weight is 381 g/mol. The number of methoxy groups -OCH3 is 2. The number of aromatic nitrogens is 2. The van der Waals surface area contributed by atoms with Crippen LogP contribution in [0.5, 0.6) is 11.5 Å². The van der Waals surface area contributed by atoms with Crippen LogP contribution in [0.4, 0.5) is 5.69 Å². The van der Waals surface area contributed by atoms with Crippen LogP contribution in [0.15, 0.2) is 12.1 Å². The lowest BCUT2D eigenvalue weighted by Gasteiger charge is -2.18. The fourth-order valence-corrected chi connectivity index (χ4v) is 3.00. The van der Waals surface area contributed by atoms with Gasteiger partial charge in [-0.1, -0.05) is 11.6 Å². The molecule has 0 unspecified atom stereocenters. The molecular weight excluding hydrogens is 356 g/mol. The second-order valence-electron chi connectivity index (χ2n) is 6.18. The maximum atomic E-state index is 12.4. The molecule has 0 fully saturated rings. The van der Waals surface area contributed by atoms with Crippen LogP contribution in [0.2, 0.25) is 5.02 Å². The molecule has 0 radical (unpaired) electrons. The molecule has 0 atom stereocenters. The number of halogens is 1. The Hall–Kier alpha value is -2.25. The number of rotatable bonds is 7. The summed E-state index contributed by atoms with van der Waals surface area (Å²) in [6.07, 6.45) is 0. The quantitative estimate of drug-likeness (QED) is 0.799. The Bertz CT molecular complexity index is 804. The SMILES string of the molecule is COc1cc(NC(=O)CN(C)Cc2c(C)nn(C)c2C)c(OC)cc1Cl. The van der Waals surface area contributed by atoms with E-state index in [0.717, 1.165) is 17.0 Å². The normalized spacial score (nSPS) is 10.9. The molecular formula is C18H25ClN4O3. The summed E-state index contributed by atoms with van der Waals surface area (Å²) in [5, 5.41) is 7.68. The van der Waals surface area contributed by atoms with E-state index >= 15 is 0 Å². The molecule has 0 bridgehead atoms. The predicted octanol–water partition coefficient (Wildman–Crippen LogP) is 2.78. The zero-order valence-corrected chi connectivity index (χ0v) is 16.8. The lowest BCUT2D eigenvalue weighted by molar-refractivity contribution is -0.117. The molecule has 0 saturated heterocycles. The first-order chi connectivity index (χ1) is 12.3. The Labute approximate surface area is 158 Å². The number of ether oxygens (including phenoxy) is 2. The van der Waals surface area contributed by atoms with Crippen LogP contribution in [0.3, 0.4) is 0 Å². The standard InChI is InChI=1S/C18H25ClN4O3/c1-11-13(12(2)23(4)21-11)9-22(3)10-18(24)20-15-8-16(25-5)14(19)7-17(15)26-6/h7-8H,9-10H2,1-6H3,(H,20,24). The highest BCUT2D eigenvalue weighted by Gasteiger charge is 2.16. The summed E-state index contributed by atoms with van der Waals surface area (Å²) in [5.41, 5.74) is 3.72. The Morgan fingerprint density at radius 3 is 2.46 bits per heavy atom. The second-order valence-corrected chi connectivity index (χ2v) is 6.59. The smallest absolute Gasteiger partial charge is 0.238 e. The summed E-state index contributed by atoms with van der Waals surface area (Å²) in [7, 11) is 6.85. The predicted molar refractivity (Wildman–Crippen MR) is 102 cm³/mol. The molecule has 26 heavy (non-hydrogen) atoms. The number of anilines is 1. The van der Waals surface area contributed by atoms with Crippen molar-refractivity contribution in [3.05, 3.63) is 34.1 Å². The second kappa shape index (κ2) is 8.42. The van der Waals surface area contributed by atoms with E-state index in [1.165, 1.54) is 14.2 Å². The summed E-state index contributed by atoms with van der Waals surface area (Å²) in [5.74, 6) is 0.790. The van der Waals surface area contributed by atoms with Crippen LogP contribution >= 0.6 is 11.6 Å². The molecule has 2 rings (SSSR count). The molecule has 0 spiro atoms. The van der Waals surface area contributed by atoms with E-state index in [1.54, 1.807) is 12.1 Å². The van der Waals surface area contributed by atoms with E-state index in [2.05, 4.69) is 10.4 Å². The maximum absolute atomic E-state index is 12.4. The molecule has 1 heterocycles. The number of amides is 1. The van der Waals surface area contributed by atoms with E-state index in [0.29, 0.717) is 28.8 Å². The van der Waals surface area contributed by atoms with Gasteiger partial charge < -0.3 is 14.8 Å². The Kier molecular flexibility index (Phi) is 6.50. The number of nitrogens with one attached hydrogen (secondary N) is 1. The lowest BCUT2D eigenvalue weighted by atomic mass is 10.2. The molecule has 2 aromatic rings. The van der Waals surface area contributed by atoms with E-state index in [1.807, 2.05) is 37.5 Å². The third kappa shape index (κ3) is 4.47. The number of aryl methyl sites for hydroxylation is 2. The first kappa shape index (κ1) is 20.1. The highest BCUT2D eigenvalue weighted by molar-refractivity contribution is 6.32. The summed E-state index contributed by atoms with van der Waals surface area (Å²) in [4.78, 5) is 14.4. The van der Waals surface area contributed by atoms with Crippen LogP contribution in [0.1, 0.15) is 17.0 Å². The summed E-state index contributed by atoms with van der Waals surface area (Å²) in [6.45, 7) is 4.86. The molecule has 0 aliphatic rings. The van der Waals surface area contributed by atoms with Gasteiger partial charge in [0.2, 0.25) is 5.91 Å². The van der Waals surface area contributed by atoms with Crippen molar-refractivity contribution >= 4 is 23.2 Å². The van der Waals surface area contributed by atoms with Crippen LogP contribution in [-0.2, 0) is 18.4 Å². The highest BCUT2D eigenvalue weighted by atomic mass is 35.5. The van der Waals surface area contributed by atoms with Gasteiger partial charge in [0.15, 0.2) is 0 Å². The van der Waals surface area contributed by atoms with Crippen molar-refractivity contribution in [3.63, 3.8) is 0 Å². The van der Waals surface area contributed by atoms with Gasteiger partial charge in [0.25, 0.3) is 0 Å². The van der Waals surface area contributed by atoms with Crippen molar-refractivity contribution in [3.8, 4) is 11.5 Å². The molecule has 0 aliphatic carbocycles. The van der Waals surface area contributed by atoms with Crippen molar-refractivity contribution in [2.24, 2.45) is 7.05 Å². The fourth-order valence-electron chi connectivity index (χ4n) is 2.77. The van der Waals surface area contributed by atoms with E-state index in [4.69, 9.17) is 21.1 Å². The molecule has 1 amide bonds. The van der Waals surface area contributed by atoms with Crippen LogP contribution in [0.25, 0.3) is 0 Å². The number of hydrogen-bond donors (Lipinski definition) is 1. The van der Waals surface area contributed by atoms with Gasteiger partial charge in [-0.2, -0.15) is 5.10 Å². The molecule has 1 aromatic heterocycles. The molecule has 8 heteroatoms. The van der Waals surface area contributed by atoms with Gasteiger partial charge in [-0.15, -0.1) is 0 Å². The zero-order valence-electron chi connectivity index (χ0n) is 16.0. The molecule has 1 aromatic carbocycles. The van der Waals surface area contributed by atoms with Gasteiger partial charge in [0, 0.05) is 37.0 Å². The lowest BCUT2D eigenvalue weighted by Crippen LogP contribution is -2.30. The van der Waals surface area contributed by atoms with Gasteiger partial charge in [-0.05, 0) is 20.9 Å². The first-order valence-corrected chi connectivity index (χ1v) is 8.53. The van der Waals surface area contributed by atoms with Crippen LogP contribution in [-0.4, -0.2) is 48.4 Å². The summed E-state index contributed by atoms with van der Waals surface area (Å²) in [6, 6.07) is 3.26. The topological polar surface area (TPSA) is 68.6 Å². The Balaban J connectivity index is 2.06. The van der Waals surface area contributed by atoms with Crippen molar-refractivity contribution in [1.29, 1.82) is 0 Å². The van der Waals surface area contributed by atoms with E-state index in [-0.39, 0.29) is 12.5 Å². The number of nitrogens with zero attached hydrogens (tertiary/aromatic N) is 3. The Morgan fingerprint density at radius 1 is 1.27 bits per heavy atom. The van der Waals surface area contributed by atoms with Gasteiger partial charge >= 0.3 is 0 Å². The van der Waals surface area contributed by atoms with Gasteiger partial charge in [-0.3, -0.25) is 14.4 Å². The average Bonchev–Trinajstić information content (AvgIpc) is 2.82. The van der Waals surface area contributed by atoms with Crippen molar-refractivity contribution < 1.29 is 14.3 Å². The molecule has 7 nitrogen and oxygen atoms in total. The van der Waals surface area contributed by atoms with Gasteiger partial charge in [0.1, 0.15) is 11.5 Å². The van der Waals surface area contributed by atoms with Crippen molar-refractivity contribution in [2.75, 3.05) is 33.1 Å². The number of carbonyl (C=O) groups is 1. The van der Waals surface area contributed by atoms with Crippen molar-refractivity contribution in [1.82, 2.24) is 14.7 Å². The minimum atomic E-state index is -0.158. The number of benzene rings is 1. The third-order valence-electron chi connectivity index (χ3n) is 4.25. The van der Waals surface area contributed by atoms with Crippen molar-refractivity contribution in [2.45, 2.75) is 20.4 Å². The summed E-state index contributed by atoms with van der Waals surface area (Å²) < 4.78 is 12.3. The van der Waals surface area contributed by atoms with E-state index in [9.17, 15) is 4.79 Å². The maximum Gasteiger partial charge on any atom is 0.238 e. The minimum Gasteiger partial charge on any atom is -0.495 e. The minimum absolute atomic E-state index is 0.158. The first-order valence-electron chi connectivity index (χ1n) is 8.15. The number of carbonyl (C=O) groups excluding carboxylic acids is 1. The molecule has 142 valence electrons. The monoisotopic (exact) mass is 380 g/mol. The Morgan fingerprint density at radius 2 is 1.92 bits per heavy atom. The van der Waals surface area contributed by atoms with Crippen LogP contribution < -0.4 is 14.8 Å². The van der Waals surface area contributed by atoms with Gasteiger partial charge in [0.05, 0.1) is 37.2 Å².